The molecule has 2 rings (SSSR count). The number of nitrogens with zero attached hydrogens (tertiary/aromatic N) is 1. The maximum Gasteiger partial charge on any atom is 0.117 e. The molecule has 1 aliphatic rings. The lowest BCUT2D eigenvalue weighted by Gasteiger charge is -2.31. The predicted octanol–water partition coefficient (Wildman–Crippen LogP) is 2.87. The molecule has 0 radical (unpaired) electrons. The Kier molecular flexibility index (Phi) is 5.26. The van der Waals surface area contributed by atoms with Gasteiger partial charge in [0.2, 0.25) is 0 Å². The van der Waals surface area contributed by atoms with Crippen LogP contribution in [0.2, 0.25) is 0 Å². The third-order valence-electron chi connectivity index (χ3n) is 4.22. The van der Waals surface area contributed by atoms with Gasteiger partial charge in [-0.05, 0) is 62.7 Å². The monoisotopic (exact) mass is 250 g/mol. The molecule has 1 fully saturated rings. The normalized spacial score (nSPS) is 24.6. The van der Waals surface area contributed by atoms with Gasteiger partial charge in [-0.25, -0.2) is 0 Å². The lowest BCUT2D eigenvalue weighted by molar-refractivity contribution is 0.173. The Hall–Kier alpha value is -0.800. The van der Waals surface area contributed by atoms with E-state index in [-0.39, 0.29) is 0 Å². The average molecular weight is 250 g/mol. The molecule has 3 heteroatoms. The lowest BCUT2D eigenvalue weighted by atomic mass is 9.82. The molecule has 0 saturated heterocycles. The van der Waals surface area contributed by atoms with Crippen molar-refractivity contribution in [1.82, 2.24) is 4.90 Å². The largest absolute Gasteiger partial charge is 0.468 e. The third-order valence-corrected chi connectivity index (χ3v) is 4.22. The number of hydrogen-bond acceptors (Lipinski definition) is 3. The van der Waals surface area contributed by atoms with E-state index in [9.17, 15) is 0 Å². The van der Waals surface area contributed by atoms with Crippen molar-refractivity contribution in [1.29, 1.82) is 0 Å². The summed E-state index contributed by atoms with van der Waals surface area (Å²) >= 11 is 0. The summed E-state index contributed by atoms with van der Waals surface area (Å²) in [5.74, 6) is 2.71. The Morgan fingerprint density at radius 2 is 2.00 bits per heavy atom. The lowest BCUT2D eigenvalue weighted by Crippen LogP contribution is -2.32. The van der Waals surface area contributed by atoms with Crippen LogP contribution in [0, 0.1) is 11.8 Å². The van der Waals surface area contributed by atoms with E-state index in [1.165, 1.54) is 32.2 Å². The van der Waals surface area contributed by atoms with E-state index < -0.39 is 0 Å². The Balaban J connectivity index is 1.76. The second kappa shape index (κ2) is 6.95. The van der Waals surface area contributed by atoms with Gasteiger partial charge in [-0.1, -0.05) is 6.92 Å². The van der Waals surface area contributed by atoms with E-state index in [0.717, 1.165) is 37.2 Å². The second-order valence-corrected chi connectivity index (χ2v) is 5.53. The molecule has 0 bridgehead atoms. The zero-order valence-electron chi connectivity index (χ0n) is 11.5. The Bertz CT molecular complexity index is 315. The van der Waals surface area contributed by atoms with Gasteiger partial charge in [0.05, 0.1) is 12.8 Å². The zero-order valence-corrected chi connectivity index (χ0v) is 11.5. The quantitative estimate of drug-likeness (QED) is 0.844. The predicted molar refractivity (Wildman–Crippen MR) is 74.2 cm³/mol. The number of nitrogens with two attached hydrogens (primary N) is 1. The molecule has 0 aromatic carbocycles. The summed E-state index contributed by atoms with van der Waals surface area (Å²) in [7, 11) is 0. The van der Waals surface area contributed by atoms with E-state index in [1.807, 2.05) is 6.07 Å². The van der Waals surface area contributed by atoms with Crippen molar-refractivity contribution in [2.45, 2.75) is 39.2 Å². The Morgan fingerprint density at radius 1 is 1.28 bits per heavy atom. The van der Waals surface area contributed by atoms with E-state index in [0.29, 0.717) is 0 Å². The van der Waals surface area contributed by atoms with Gasteiger partial charge in [0, 0.05) is 6.54 Å². The van der Waals surface area contributed by atoms with Crippen LogP contribution in [-0.4, -0.2) is 24.5 Å². The molecule has 18 heavy (non-hydrogen) atoms. The minimum Gasteiger partial charge on any atom is -0.468 e. The van der Waals surface area contributed by atoms with Crippen LogP contribution in [0.1, 0.15) is 38.4 Å². The minimum absolute atomic E-state index is 0.779. The van der Waals surface area contributed by atoms with Crippen molar-refractivity contribution in [2.75, 3.05) is 19.6 Å². The highest BCUT2D eigenvalue weighted by Crippen LogP contribution is 2.28. The first-order valence-corrected chi connectivity index (χ1v) is 7.26. The van der Waals surface area contributed by atoms with Gasteiger partial charge in [-0.2, -0.15) is 0 Å². The summed E-state index contributed by atoms with van der Waals surface area (Å²) in [6, 6.07) is 4.03. The van der Waals surface area contributed by atoms with Gasteiger partial charge in [-0.15, -0.1) is 0 Å². The molecule has 1 aromatic heterocycles. The zero-order chi connectivity index (χ0) is 12.8. The van der Waals surface area contributed by atoms with Crippen LogP contribution in [0.3, 0.4) is 0 Å². The SMILES string of the molecule is CCN(Cc1ccco1)CC1CCC(CN)CC1. The van der Waals surface area contributed by atoms with Gasteiger partial charge >= 0.3 is 0 Å². The molecule has 1 aromatic rings. The van der Waals surface area contributed by atoms with Crippen molar-refractivity contribution < 1.29 is 4.42 Å². The molecule has 2 N–H and O–H groups in total. The van der Waals surface area contributed by atoms with Crippen LogP contribution in [0.5, 0.6) is 0 Å². The fraction of sp³-hybridized carbons (Fsp3) is 0.733. The Labute approximate surface area is 110 Å². The summed E-state index contributed by atoms with van der Waals surface area (Å²) in [5, 5.41) is 0. The van der Waals surface area contributed by atoms with Crippen molar-refractivity contribution in [3.8, 4) is 0 Å². The molecular formula is C15H26N2O. The number of rotatable bonds is 6. The second-order valence-electron chi connectivity index (χ2n) is 5.53. The van der Waals surface area contributed by atoms with Gasteiger partial charge in [0.1, 0.15) is 5.76 Å². The molecule has 0 unspecified atom stereocenters. The van der Waals surface area contributed by atoms with E-state index in [2.05, 4.69) is 17.9 Å². The molecule has 0 aliphatic heterocycles. The highest BCUT2D eigenvalue weighted by atomic mass is 16.3. The van der Waals surface area contributed by atoms with Gasteiger partial charge in [-0.3, -0.25) is 4.90 Å². The van der Waals surface area contributed by atoms with Crippen molar-refractivity contribution in [3.05, 3.63) is 24.2 Å². The van der Waals surface area contributed by atoms with Gasteiger partial charge in [0.15, 0.2) is 0 Å². The summed E-state index contributed by atoms with van der Waals surface area (Å²) in [5.41, 5.74) is 5.74. The topological polar surface area (TPSA) is 42.4 Å². The summed E-state index contributed by atoms with van der Waals surface area (Å²) < 4.78 is 5.43. The smallest absolute Gasteiger partial charge is 0.117 e. The standard InChI is InChI=1S/C15H26N2O/c1-2-17(12-15-4-3-9-18-15)11-14-7-5-13(10-16)6-8-14/h3-4,9,13-14H,2,5-8,10-12,16H2,1H3. The highest BCUT2D eigenvalue weighted by molar-refractivity contribution is 4.97. The molecule has 0 atom stereocenters. The van der Waals surface area contributed by atoms with Gasteiger partial charge in [0.25, 0.3) is 0 Å². The van der Waals surface area contributed by atoms with Crippen molar-refractivity contribution in [3.63, 3.8) is 0 Å². The van der Waals surface area contributed by atoms with E-state index >= 15 is 0 Å². The first kappa shape index (κ1) is 13.6. The van der Waals surface area contributed by atoms with Crippen LogP contribution in [0.4, 0.5) is 0 Å². The number of furan rings is 1. The molecule has 1 saturated carbocycles. The molecule has 102 valence electrons. The highest BCUT2D eigenvalue weighted by Gasteiger charge is 2.22. The van der Waals surface area contributed by atoms with Crippen LogP contribution >= 0.6 is 0 Å². The molecule has 1 heterocycles. The minimum atomic E-state index is 0.779. The molecule has 0 amide bonds. The van der Waals surface area contributed by atoms with Crippen LogP contribution in [-0.2, 0) is 6.54 Å². The van der Waals surface area contributed by atoms with Crippen LogP contribution in [0.15, 0.2) is 22.8 Å². The Morgan fingerprint density at radius 3 is 2.56 bits per heavy atom. The van der Waals surface area contributed by atoms with Crippen molar-refractivity contribution >= 4 is 0 Å². The van der Waals surface area contributed by atoms with E-state index in [4.69, 9.17) is 10.2 Å². The molecule has 0 spiro atoms. The molecular weight excluding hydrogens is 224 g/mol. The van der Waals surface area contributed by atoms with Crippen LogP contribution in [0.25, 0.3) is 0 Å². The maximum atomic E-state index is 5.74. The maximum absolute atomic E-state index is 5.74. The summed E-state index contributed by atoms with van der Waals surface area (Å²) in [6.45, 7) is 6.34. The molecule has 1 aliphatic carbocycles. The third kappa shape index (κ3) is 3.85. The first-order chi connectivity index (χ1) is 8.81. The van der Waals surface area contributed by atoms with E-state index in [1.54, 1.807) is 6.26 Å². The average Bonchev–Trinajstić information content (AvgIpc) is 2.91. The number of hydrogen-bond donors (Lipinski definition) is 1. The fourth-order valence-electron chi connectivity index (χ4n) is 2.94. The fourth-order valence-corrected chi connectivity index (χ4v) is 2.94. The summed E-state index contributed by atoms with van der Waals surface area (Å²) in [6.07, 6.45) is 7.08. The molecule has 3 nitrogen and oxygen atoms in total. The van der Waals surface area contributed by atoms with Gasteiger partial charge < -0.3 is 10.2 Å². The first-order valence-electron chi connectivity index (χ1n) is 7.26. The summed E-state index contributed by atoms with van der Waals surface area (Å²) in [4.78, 5) is 2.49. The van der Waals surface area contributed by atoms with Crippen LogP contribution < -0.4 is 5.73 Å². The van der Waals surface area contributed by atoms with Crippen molar-refractivity contribution in [2.24, 2.45) is 17.6 Å².